The van der Waals surface area contributed by atoms with Gasteiger partial charge in [0.15, 0.2) is 0 Å². The molecule has 1 fully saturated rings. The number of nitrogens with one attached hydrogen (secondary N) is 1. The highest BCUT2D eigenvalue weighted by molar-refractivity contribution is 7.88. The van der Waals surface area contributed by atoms with E-state index in [1.807, 2.05) is 0 Å². The Morgan fingerprint density at radius 3 is 2.76 bits per heavy atom. The van der Waals surface area contributed by atoms with E-state index in [2.05, 4.69) is 4.72 Å². The van der Waals surface area contributed by atoms with E-state index in [0.717, 1.165) is 18.2 Å². The Kier molecular flexibility index (Phi) is 4.95. The first kappa shape index (κ1) is 15.9. The lowest BCUT2D eigenvalue weighted by Crippen LogP contribution is -2.45. The minimum absolute atomic E-state index is 0.0201. The number of hydrogen-bond donors (Lipinski definition) is 1. The van der Waals surface area contributed by atoms with E-state index in [-0.39, 0.29) is 24.3 Å². The van der Waals surface area contributed by atoms with Crippen molar-refractivity contribution in [3.8, 4) is 0 Å². The summed E-state index contributed by atoms with van der Waals surface area (Å²) in [4.78, 5) is 13.6. The van der Waals surface area contributed by atoms with E-state index in [9.17, 15) is 17.6 Å². The third kappa shape index (κ3) is 4.78. The number of carbonyl (C=O) groups excluding carboxylic acids is 1. The maximum absolute atomic E-state index is 13.3. The number of sulfonamides is 1. The van der Waals surface area contributed by atoms with E-state index < -0.39 is 10.0 Å². The molecule has 1 N–H and O–H groups in total. The zero-order valence-electron chi connectivity index (χ0n) is 11.9. The maximum atomic E-state index is 13.3. The molecule has 5 nitrogen and oxygen atoms in total. The molecule has 0 aliphatic carbocycles. The second-order valence-corrected chi connectivity index (χ2v) is 7.13. The maximum Gasteiger partial charge on any atom is 0.222 e. The summed E-state index contributed by atoms with van der Waals surface area (Å²) in [6.07, 6.45) is 2.76. The smallest absolute Gasteiger partial charge is 0.222 e. The summed E-state index contributed by atoms with van der Waals surface area (Å²) >= 11 is 0. The van der Waals surface area contributed by atoms with Gasteiger partial charge in [-0.15, -0.1) is 0 Å². The molecule has 1 unspecified atom stereocenters. The van der Waals surface area contributed by atoms with Crippen molar-refractivity contribution < 1.29 is 17.6 Å². The van der Waals surface area contributed by atoms with Crippen LogP contribution in [0.3, 0.4) is 0 Å². The summed E-state index contributed by atoms with van der Waals surface area (Å²) in [5, 5.41) is 0. The molecule has 0 saturated carbocycles. The molecular formula is C14H19FN2O3S. The van der Waals surface area contributed by atoms with Crippen molar-refractivity contribution in [3.63, 3.8) is 0 Å². The molecule has 1 aliphatic heterocycles. The minimum Gasteiger partial charge on any atom is -0.338 e. The largest absolute Gasteiger partial charge is 0.338 e. The van der Waals surface area contributed by atoms with Crippen LogP contribution in [0.2, 0.25) is 0 Å². The average molecular weight is 314 g/mol. The molecule has 0 spiro atoms. The minimum atomic E-state index is -3.33. The highest BCUT2D eigenvalue weighted by Gasteiger charge is 2.28. The Morgan fingerprint density at radius 1 is 1.43 bits per heavy atom. The Bertz CT molecular complexity index is 618. The van der Waals surface area contributed by atoms with Crippen LogP contribution in [0.25, 0.3) is 0 Å². The molecule has 0 radical (unpaired) electrons. The molecular weight excluding hydrogens is 295 g/mol. The van der Waals surface area contributed by atoms with E-state index in [0.29, 0.717) is 19.4 Å². The van der Waals surface area contributed by atoms with Gasteiger partial charge in [0.25, 0.3) is 0 Å². The molecule has 1 amide bonds. The van der Waals surface area contributed by atoms with Gasteiger partial charge >= 0.3 is 0 Å². The number of benzene rings is 1. The topological polar surface area (TPSA) is 66.5 Å². The summed E-state index contributed by atoms with van der Waals surface area (Å²) in [6, 6.07) is 5.85. The third-order valence-corrected chi connectivity index (χ3v) is 4.18. The van der Waals surface area contributed by atoms with E-state index in [1.54, 1.807) is 17.0 Å². The van der Waals surface area contributed by atoms with Gasteiger partial charge in [0.05, 0.1) is 6.26 Å². The fourth-order valence-electron chi connectivity index (χ4n) is 2.53. The monoisotopic (exact) mass is 314 g/mol. The van der Waals surface area contributed by atoms with Gasteiger partial charge in [-0.25, -0.2) is 17.5 Å². The lowest BCUT2D eigenvalue weighted by molar-refractivity contribution is -0.129. The SMILES string of the molecule is CS(=O)(=O)NCC(Cc1cccc(F)c1)N1CCCC1=O. The van der Waals surface area contributed by atoms with Crippen LogP contribution in [0.1, 0.15) is 18.4 Å². The Hall–Kier alpha value is -1.47. The number of nitrogens with zero attached hydrogens (tertiary/aromatic N) is 1. The van der Waals surface area contributed by atoms with Crippen molar-refractivity contribution in [2.75, 3.05) is 19.3 Å². The molecule has 0 aromatic heterocycles. The van der Waals surface area contributed by atoms with Crippen molar-refractivity contribution in [1.82, 2.24) is 9.62 Å². The van der Waals surface area contributed by atoms with Crippen LogP contribution in [0.5, 0.6) is 0 Å². The van der Waals surface area contributed by atoms with Crippen LogP contribution in [-0.4, -0.2) is 44.6 Å². The quantitative estimate of drug-likeness (QED) is 0.849. The van der Waals surface area contributed by atoms with Crippen molar-refractivity contribution in [2.24, 2.45) is 0 Å². The van der Waals surface area contributed by atoms with E-state index in [1.165, 1.54) is 12.1 Å². The molecule has 0 bridgehead atoms. The standard InChI is InChI=1S/C14H19FN2O3S/c1-21(19,20)16-10-13(17-7-3-6-14(17)18)9-11-4-2-5-12(15)8-11/h2,4-5,8,13,16H,3,6-7,9-10H2,1H3. The highest BCUT2D eigenvalue weighted by Crippen LogP contribution is 2.17. The summed E-state index contributed by atoms with van der Waals surface area (Å²) in [5.41, 5.74) is 0.745. The normalized spacial score (nSPS) is 17.2. The molecule has 116 valence electrons. The fraction of sp³-hybridized carbons (Fsp3) is 0.500. The molecule has 2 rings (SSSR count). The Labute approximate surface area is 124 Å². The van der Waals surface area contributed by atoms with Gasteiger partial charge in [-0.1, -0.05) is 12.1 Å². The van der Waals surface area contributed by atoms with Gasteiger partial charge < -0.3 is 4.90 Å². The number of amides is 1. The molecule has 1 saturated heterocycles. The first-order chi connectivity index (χ1) is 9.85. The Morgan fingerprint density at radius 2 is 2.19 bits per heavy atom. The average Bonchev–Trinajstić information content (AvgIpc) is 2.80. The van der Waals surface area contributed by atoms with Crippen LogP contribution >= 0.6 is 0 Å². The van der Waals surface area contributed by atoms with Crippen LogP contribution in [0, 0.1) is 5.82 Å². The van der Waals surface area contributed by atoms with Gasteiger partial charge in [0.1, 0.15) is 5.82 Å². The highest BCUT2D eigenvalue weighted by atomic mass is 32.2. The lowest BCUT2D eigenvalue weighted by Gasteiger charge is -2.28. The summed E-state index contributed by atoms with van der Waals surface area (Å²) in [5.74, 6) is -0.318. The first-order valence-electron chi connectivity index (χ1n) is 6.84. The molecule has 1 aliphatic rings. The van der Waals surface area contributed by atoms with Crippen molar-refractivity contribution >= 4 is 15.9 Å². The van der Waals surface area contributed by atoms with Gasteiger partial charge in [0.2, 0.25) is 15.9 Å². The van der Waals surface area contributed by atoms with Crippen LogP contribution in [0.4, 0.5) is 4.39 Å². The Balaban J connectivity index is 2.13. The van der Waals surface area contributed by atoms with Crippen LogP contribution < -0.4 is 4.72 Å². The van der Waals surface area contributed by atoms with Crippen molar-refractivity contribution in [3.05, 3.63) is 35.6 Å². The molecule has 7 heteroatoms. The molecule has 1 heterocycles. The van der Waals surface area contributed by atoms with E-state index >= 15 is 0 Å². The van der Waals surface area contributed by atoms with Gasteiger partial charge in [-0.05, 0) is 30.5 Å². The second-order valence-electron chi connectivity index (χ2n) is 5.30. The van der Waals surface area contributed by atoms with Crippen LogP contribution in [-0.2, 0) is 21.2 Å². The van der Waals surface area contributed by atoms with E-state index in [4.69, 9.17) is 0 Å². The van der Waals surface area contributed by atoms with Gasteiger partial charge in [0, 0.05) is 25.6 Å². The van der Waals surface area contributed by atoms with Gasteiger partial charge in [-0.2, -0.15) is 0 Å². The summed E-state index contributed by atoms with van der Waals surface area (Å²) < 4.78 is 38.2. The predicted octanol–water partition coefficient (Wildman–Crippen LogP) is 0.908. The number of hydrogen-bond acceptors (Lipinski definition) is 3. The predicted molar refractivity (Wildman–Crippen MR) is 77.7 cm³/mol. The molecule has 21 heavy (non-hydrogen) atoms. The molecule has 1 aromatic rings. The third-order valence-electron chi connectivity index (χ3n) is 3.49. The number of halogens is 1. The molecule has 1 aromatic carbocycles. The second kappa shape index (κ2) is 6.53. The van der Waals surface area contributed by atoms with Gasteiger partial charge in [-0.3, -0.25) is 4.79 Å². The lowest BCUT2D eigenvalue weighted by atomic mass is 10.0. The number of carbonyl (C=O) groups is 1. The fourth-order valence-corrected chi connectivity index (χ4v) is 3.03. The zero-order chi connectivity index (χ0) is 15.5. The first-order valence-corrected chi connectivity index (χ1v) is 8.73. The van der Waals surface area contributed by atoms with Crippen molar-refractivity contribution in [2.45, 2.75) is 25.3 Å². The zero-order valence-corrected chi connectivity index (χ0v) is 12.7. The summed E-state index contributed by atoms with van der Waals surface area (Å²) in [7, 11) is -3.33. The van der Waals surface area contributed by atoms with Crippen molar-refractivity contribution in [1.29, 1.82) is 0 Å². The number of rotatable bonds is 6. The summed E-state index contributed by atoms with van der Waals surface area (Å²) in [6.45, 7) is 0.755. The van der Waals surface area contributed by atoms with Crippen LogP contribution in [0.15, 0.2) is 24.3 Å². The number of likely N-dealkylation sites (tertiary alicyclic amines) is 1. The molecule has 1 atom stereocenters.